The number of halogens is 1. The van der Waals surface area contributed by atoms with Crippen molar-refractivity contribution in [2.45, 2.75) is 46.5 Å². The van der Waals surface area contributed by atoms with Gasteiger partial charge in [0.2, 0.25) is 0 Å². The van der Waals surface area contributed by atoms with Crippen LogP contribution >= 0.6 is 0 Å². The van der Waals surface area contributed by atoms with Gasteiger partial charge in [-0.1, -0.05) is 13.8 Å². The fraction of sp³-hybridized carbons (Fsp3) is 0.455. The van der Waals surface area contributed by atoms with E-state index in [0.29, 0.717) is 17.7 Å². The fourth-order valence-electron chi connectivity index (χ4n) is 3.02. The second-order valence-electron chi connectivity index (χ2n) is 6.78. The van der Waals surface area contributed by atoms with E-state index in [0.717, 1.165) is 28.9 Å². The van der Waals surface area contributed by atoms with Crippen molar-refractivity contribution in [3.05, 3.63) is 52.1 Å². The van der Waals surface area contributed by atoms with Gasteiger partial charge in [0.1, 0.15) is 11.8 Å². The number of methoxy groups -OCH3 is 1. The van der Waals surface area contributed by atoms with Crippen molar-refractivity contribution < 1.29 is 18.6 Å². The molecule has 150 valence electrons. The Bertz CT molecular complexity index is 862. The normalized spacial score (nSPS) is 11.8. The molecule has 0 saturated heterocycles. The number of ether oxygens (including phenoxy) is 3. The summed E-state index contributed by atoms with van der Waals surface area (Å²) in [5.74, 6) is 0.613. The van der Waals surface area contributed by atoms with Gasteiger partial charge in [-0.15, -0.1) is 0 Å². The zero-order chi connectivity index (χ0) is 20.7. The lowest BCUT2D eigenvalue weighted by Crippen LogP contribution is -2.08. The first-order chi connectivity index (χ1) is 13.4. The topological polar surface area (TPSA) is 64.4 Å². The summed E-state index contributed by atoms with van der Waals surface area (Å²) >= 11 is 0. The van der Waals surface area contributed by atoms with Crippen LogP contribution in [0, 0.1) is 31.0 Å². The van der Waals surface area contributed by atoms with Crippen molar-refractivity contribution in [1.29, 1.82) is 5.26 Å². The molecule has 0 aliphatic rings. The number of hydrogen-bond donors (Lipinski definition) is 0. The van der Waals surface area contributed by atoms with Crippen LogP contribution < -0.4 is 9.47 Å². The number of aromatic nitrogens is 1. The van der Waals surface area contributed by atoms with Crippen molar-refractivity contribution >= 4 is 0 Å². The van der Waals surface area contributed by atoms with E-state index in [1.165, 1.54) is 0 Å². The van der Waals surface area contributed by atoms with E-state index >= 15 is 0 Å². The van der Waals surface area contributed by atoms with Gasteiger partial charge in [-0.05, 0) is 55.2 Å². The Morgan fingerprint density at radius 3 is 2.61 bits per heavy atom. The zero-order valence-electron chi connectivity index (χ0n) is 17.1. The molecule has 5 nitrogen and oxygen atoms in total. The molecule has 0 spiro atoms. The molecule has 28 heavy (non-hydrogen) atoms. The summed E-state index contributed by atoms with van der Waals surface area (Å²) < 4.78 is 30.5. The Kier molecular flexibility index (Phi) is 7.77. The van der Waals surface area contributed by atoms with Crippen LogP contribution in [0.4, 0.5) is 4.39 Å². The van der Waals surface area contributed by atoms with E-state index in [4.69, 9.17) is 24.5 Å². The third-order valence-electron chi connectivity index (χ3n) is 4.83. The minimum absolute atomic E-state index is 0.108. The Morgan fingerprint density at radius 1 is 1.21 bits per heavy atom. The average Bonchev–Trinajstić information content (AvgIpc) is 2.71. The van der Waals surface area contributed by atoms with E-state index in [9.17, 15) is 4.39 Å². The minimum atomic E-state index is -0.432. The van der Waals surface area contributed by atoms with Crippen molar-refractivity contribution in [3.8, 4) is 17.6 Å². The van der Waals surface area contributed by atoms with E-state index in [-0.39, 0.29) is 25.1 Å². The van der Waals surface area contributed by atoms with Crippen molar-refractivity contribution in [3.63, 3.8) is 0 Å². The van der Waals surface area contributed by atoms with Gasteiger partial charge in [0.25, 0.3) is 0 Å². The molecule has 0 radical (unpaired) electrons. The summed E-state index contributed by atoms with van der Waals surface area (Å²) in [6.07, 6.45) is 1.43. The zero-order valence-corrected chi connectivity index (χ0v) is 17.1. The highest BCUT2D eigenvalue weighted by Gasteiger charge is 2.18. The van der Waals surface area contributed by atoms with E-state index in [2.05, 4.69) is 13.8 Å². The van der Waals surface area contributed by atoms with Crippen LogP contribution in [0.3, 0.4) is 0 Å². The van der Waals surface area contributed by atoms with E-state index in [1.54, 1.807) is 20.1 Å². The van der Waals surface area contributed by atoms with Crippen molar-refractivity contribution in [2.24, 2.45) is 0 Å². The molecule has 1 unspecified atom stereocenters. The molecule has 2 aromatic rings. The highest BCUT2D eigenvalue weighted by Crippen LogP contribution is 2.31. The number of nitrogens with zero attached hydrogens (tertiary/aromatic N) is 2. The first-order valence-corrected chi connectivity index (χ1v) is 9.32. The molecule has 1 atom stereocenters. The second kappa shape index (κ2) is 10.0. The second-order valence-corrected chi connectivity index (χ2v) is 6.78. The lowest BCUT2D eigenvalue weighted by Gasteiger charge is -2.17. The van der Waals surface area contributed by atoms with Gasteiger partial charge in [0.05, 0.1) is 5.69 Å². The third kappa shape index (κ3) is 4.99. The van der Waals surface area contributed by atoms with Gasteiger partial charge in [-0.25, -0.2) is 4.39 Å². The van der Waals surface area contributed by atoms with Crippen LogP contribution in [0.5, 0.6) is 11.5 Å². The maximum atomic E-state index is 14.6. The van der Waals surface area contributed by atoms with E-state index < -0.39 is 5.82 Å². The molecule has 1 aromatic carbocycles. The van der Waals surface area contributed by atoms with Gasteiger partial charge in [-0.3, -0.25) is 4.98 Å². The molecule has 1 aromatic heterocycles. The molecule has 0 aliphatic heterocycles. The predicted octanol–water partition coefficient (Wildman–Crippen LogP) is 4.83. The lowest BCUT2D eigenvalue weighted by atomic mass is 9.96. The van der Waals surface area contributed by atoms with Crippen LogP contribution in [0.1, 0.15) is 54.3 Å². The molecule has 1 heterocycles. The molecule has 0 fully saturated rings. The Morgan fingerprint density at radius 2 is 1.96 bits per heavy atom. The Hall–Kier alpha value is -2.65. The Balaban J connectivity index is 2.37. The van der Waals surface area contributed by atoms with Gasteiger partial charge >= 0.3 is 0 Å². The van der Waals surface area contributed by atoms with Crippen LogP contribution in [-0.2, 0) is 11.2 Å². The van der Waals surface area contributed by atoms with Gasteiger partial charge < -0.3 is 14.2 Å². The molecule has 2 rings (SSSR count). The number of aryl methyl sites for hydroxylation is 1. The summed E-state index contributed by atoms with van der Waals surface area (Å²) in [5, 5.41) is 8.65. The number of benzene rings is 1. The largest absolute Gasteiger partial charge is 0.476 e. The quantitative estimate of drug-likeness (QED) is 0.578. The Labute approximate surface area is 166 Å². The first kappa shape index (κ1) is 21.6. The summed E-state index contributed by atoms with van der Waals surface area (Å²) in [7, 11) is 1.58. The van der Waals surface area contributed by atoms with Gasteiger partial charge in [0, 0.05) is 25.1 Å². The van der Waals surface area contributed by atoms with Gasteiger partial charge in [0.15, 0.2) is 25.0 Å². The standard InChI is InChI=1S/C22H27FN2O3/c1-6-14(2)22-19(28-13-26-5)8-7-17(25-22)12-18-15(3)11-20(27-10-9-24)21(23)16(18)4/h7-8,11,14H,6,10,12-13H2,1-5H3. The molecular weight excluding hydrogens is 359 g/mol. The van der Waals surface area contributed by atoms with E-state index in [1.807, 2.05) is 25.1 Å². The molecule has 0 aliphatic carbocycles. The summed E-state index contributed by atoms with van der Waals surface area (Å²) in [5.41, 5.74) is 4.01. The van der Waals surface area contributed by atoms with Crippen LogP contribution in [0.25, 0.3) is 0 Å². The molecular formula is C22H27FN2O3. The number of rotatable bonds is 9. The monoisotopic (exact) mass is 386 g/mol. The third-order valence-corrected chi connectivity index (χ3v) is 4.83. The maximum Gasteiger partial charge on any atom is 0.188 e. The van der Waals surface area contributed by atoms with Crippen LogP contribution in [-0.4, -0.2) is 25.5 Å². The summed E-state index contributed by atoms with van der Waals surface area (Å²) in [6, 6.07) is 7.29. The minimum Gasteiger partial charge on any atom is -0.476 e. The summed E-state index contributed by atoms with van der Waals surface area (Å²) in [4.78, 5) is 4.80. The SMILES string of the molecule is CCC(C)c1nc(Cc2c(C)cc(OCC#N)c(F)c2C)ccc1OCOC. The fourth-order valence-corrected chi connectivity index (χ4v) is 3.02. The summed E-state index contributed by atoms with van der Waals surface area (Å²) in [6.45, 7) is 7.82. The molecule has 0 bridgehead atoms. The molecule has 0 N–H and O–H groups in total. The number of nitriles is 1. The average molecular weight is 386 g/mol. The van der Waals surface area contributed by atoms with Gasteiger partial charge in [-0.2, -0.15) is 5.26 Å². The first-order valence-electron chi connectivity index (χ1n) is 9.32. The number of pyridine rings is 1. The molecule has 0 amide bonds. The predicted molar refractivity (Wildman–Crippen MR) is 105 cm³/mol. The highest BCUT2D eigenvalue weighted by atomic mass is 19.1. The maximum absolute atomic E-state index is 14.6. The highest BCUT2D eigenvalue weighted by molar-refractivity contribution is 5.45. The van der Waals surface area contributed by atoms with Crippen molar-refractivity contribution in [1.82, 2.24) is 4.98 Å². The van der Waals surface area contributed by atoms with Crippen molar-refractivity contribution in [2.75, 3.05) is 20.5 Å². The molecule has 0 saturated carbocycles. The van der Waals surface area contributed by atoms with Crippen LogP contribution in [0.15, 0.2) is 18.2 Å². The smallest absolute Gasteiger partial charge is 0.188 e. The molecule has 6 heteroatoms. The lowest BCUT2D eigenvalue weighted by molar-refractivity contribution is 0.0498. The number of hydrogen-bond acceptors (Lipinski definition) is 5. The van der Waals surface area contributed by atoms with Crippen LogP contribution in [0.2, 0.25) is 0 Å².